The molecule has 6 heteroatoms. The van der Waals surface area contributed by atoms with Gasteiger partial charge in [0.15, 0.2) is 5.11 Å². The molecule has 0 spiro atoms. The summed E-state index contributed by atoms with van der Waals surface area (Å²) >= 11 is 4.64. The van der Waals surface area contributed by atoms with Crippen LogP contribution >= 0.6 is 12.2 Å². The molecule has 5 nitrogen and oxygen atoms in total. The van der Waals surface area contributed by atoms with Gasteiger partial charge in [0.05, 0.1) is 5.92 Å². The fraction of sp³-hybridized carbons (Fsp3) is 0.727. The smallest absolute Gasteiger partial charge is 0.309 e. The highest BCUT2D eigenvalue weighted by atomic mass is 32.1. The van der Waals surface area contributed by atoms with E-state index in [0.29, 0.717) is 0 Å². The number of hydrazone groups is 1. The van der Waals surface area contributed by atoms with Crippen LogP contribution in [0.15, 0.2) is 5.10 Å². The predicted octanol–water partition coefficient (Wildman–Crippen LogP) is 1.32. The van der Waals surface area contributed by atoms with Crippen molar-refractivity contribution in [3.05, 3.63) is 0 Å². The van der Waals surface area contributed by atoms with Gasteiger partial charge in [0.1, 0.15) is 5.60 Å². The zero-order valence-electron chi connectivity index (χ0n) is 10.4. The molecule has 17 heavy (non-hydrogen) atoms. The largest absolute Gasteiger partial charge is 0.459 e. The first-order valence-electron chi connectivity index (χ1n) is 5.61. The molecule has 1 rings (SSSR count). The first kappa shape index (κ1) is 13.9. The quantitative estimate of drug-likeness (QED) is 0.344. The Hall–Kier alpha value is -1.17. The second kappa shape index (κ2) is 5.44. The molecule has 0 unspecified atom stereocenters. The molecule has 1 aliphatic heterocycles. The van der Waals surface area contributed by atoms with Gasteiger partial charge in [-0.3, -0.25) is 10.2 Å². The summed E-state index contributed by atoms with van der Waals surface area (Å²) in [5.41, 5.74) is 8.33. The number of thiocarbonyl (C=S) groups is 1. The minimum atomic E-state index is -0.329. The predicted molar refractivity (Wildman–Crippen MR) is 70.5 cm³/mol. The van der Waals surface area contributed by atoms with E-state index >= 15 is 0 Å². The molecule has 0 radical (unpaired) electrons. The zero-order valence-corrected chi connectivity index (χ0v) is 11.3. The molecule has 3 N–H and O–H groups in total. The van der Waals surface area contributed by atoms with Gasteiger partial charge in [0, 0.05) is 5.71 Å². The molecular weight excluding hydrogens is 238 g/mol. The van der Waals surface area contributed by atoms with Crippen molar-refractivity contribution in [3.63, 3.8) is 0 Å². The molecule has 0 aromatic carbocycles. The van der Waals surface area contributed by atoms with Gasteiger partial charge in [-0.15, -0.1) is 0 Å². The topological polar surface area (TPSA) is 76.7 Å². The van der Waals surface area contributed by atoms with Crippen LogP contribution in [-0.2, 0) is 9.53 Å². The number of carbonyl (C=O) groups is 1. The number of nitrogens with two attached hydrogens (primary N) is 1. The maximum atomic E-state index is 11.6. The van der Waals surface area contributed by atoms with E-state index in [9.17, 15) is 4.79 Å². The highest BCUT2D eigenvalue weighted by Crippen LogP contribution is 2.32. The van der Waals surface area contributed by atoms with Crippen molar-refractivity contribution in [2.75, 3.05) is 0 Å². The first-order valence-corrected chi connectivity index (χ1v) is 6.02. The van der Waals surface area contributed by atoms with E-state index in [1.807, 2.05) is 20.8 Å². The Balaban J connectivity index is 2.39. The fourth-order valence-electron chi connectivity index (χ4n) is 1.88. The number of rotatable bonds is 4. The first-order chi connectivity index (χ1) is 7.80. The molecule has 1 heterocycles. The molecule has 1 aliphatic rings. The fourth-order valence-corrected chi connectivity index (χ4v) is 1.93. The molecule has 0 aromatic rings. The van der Waals surface area contributed by atoms with Crippen molar-refractivity contribution in [2.24, 2.45) is 16.8 Å². The van der Waals surface area contributed by atoms with Gasteiger partial charge in [0.2, 0.25) is 0 Å². The molecule has 0 aliphatic carbocycles. The normalized spacial score (nSPS) is 23.4. The lowest BCUT2D eigenvalue weighted by Gasteiger charge is -2.14. The van der Waals surface area contributed by atoms with Crippen molar-refractivity contribution in [1.29, 1.82) is 0 Å². The number of hydrogen-bond acceptors (Lipinski definition) is 4. The molecule has 0 amide bonds. The lowest BCUT2D eigenvalue weighted by atomic mass is 9.93. The van der Waals surface area contributed by atoms with E-state index in [-0.39, 0.29) is 22.6 Å². The lowest BCUT2D eigenvalue weighted by molar-refractivity contribution is -0.148. The summed E-state index contributed by atoms with van der Waals surface area (Å²) in [6.45, 7) is 5.73. The maximum absolute atomic E-state index is 11.6. The summed E-state index contributed by atoms with van der Waals surface area (Å²) in [6.07, 6.45) is 2.24. The third-order valence-electron chi connectivity index (χ3n) is 2.66. The van der Waals surface area contributed by atoms with Gasteiger partial charge < -0.3 is 10.5 Å². The molecule has 0 bridgehead atoms. The van der Waals surface area contributed by atoms with Gasteiger partial charge in [-0.1, -0.05) is 0 Å². The van der Waals surface area contributed by atoms with E-state index in [2.05, 4.69) is 22.7 Å². The third kappa shape index (κ3) is 4.68. The van der Waals surface area contributed by atoms with Crippen LogP contribution in [0.2, 0.25) is 0 Å². The molecule has 1 atom stereocenters. The Morgan fingerprint density at radius 2 is 2.35 bits per heavy atom. The Labute approximate surface area is 107 Å². The van der Waals surface area contributed by atoms with Gasteiger partial charge in [0.25, 0.3) is 0 Å². The van der Waals surface area contributed by atoms with Crippen molar-refractivity contribution in [2.45, 2.75) is 45.6 Å². The number of nitrogens with zero attached hydrogens (tertiary/aromatic N) is 1. The maximum Gasteiger partial charge on any atom is 0.309 e. The number of hydrogen-bond donors (Lipinski definition) is 2. The van der Waals surface area contributed by atoms with E-state index in [1.165, 1.54) is 0 Å². The SMILES string of the molecule is C/C(CC[C@H]1CC(C)(C)OC1=O)=N/NC(N)=S. The molecular formula is C11H19N3O2S. The van der Waals surface area contributed by atoms with Gasteiger partial charge in [-0.05, 0) is 52.3 Å². The molecule has 0 aromatic heterocycles. The van der Waals surface area contributed by atoms with Gasteiger partial charge in [-0.2, -0.15) is 5.10 Å². The average molecular weight is 257 g/mol. The molecule has 96 valence electrons. The summed E-state index contributed by atoms with van der Waals surface area (Å²) in [4.78, 5) is 11.6. The van der Waals surface area contributed by atoms with E-state index in [0.717, 1.165) is 25.0 Å². The summed E-state index contributed by atoms with van der Waals surface area (Å²) < 4.78 is 5.26. The molecule has 0 saturated carbocycles. The zero-order chi connectivity index (χ0) is 13.1. The summed E-state index contributed by atoms with van der Waals surface area (Å²) in [6, 6.07) is 0. The van der Waals surface area contributed by atoms with Crippen molar-refractivity contribution in [1.82, 2.24) is 5.43 Å². The van der Waals surface area contributed by atoms with Gasteiger partial charge in [-0.25, -0.2) is 0 Å². The van der Waals surface area contributed by atoms with Crippen LogP contribution in [0.5, 0.6) is 0 Å². The summed E-state index contributed by atoms with van der Waals surface area (Å²) in [7, 11) is 0. The third-order valence-corrected chi connectivity index (χ3v) is 2.75. The lowest BCUT2D eigenvalue weighted by Crippen LogP contribution is -2.25. The van der Waals surface area contributed by atoms with Crippen LogP contribution in [0.4, 0.5) is 0 Å². The van der Waals surface area contributed by atoms with Crippen LogP contribution in [0, 0.1) is 5.92 Å². The highest BCUT2D eigenvalue weighted by Gasteiger charge is 2.39. The minimum absolute atomic E-state index is 0.0278. The highest BCUT2D eigenvalue weighted by molar-refractivity contribution is 7.80. The van der Waals surface area contributed by atoms with Gasteiger partial charge >= 0.3 is 5.97 Å². The molecule has 1 saturated heterocycles. The van der Waals surface area contributed by atoms with Crippen molar-refractivity contribution >= 4 is 29.0 Å². The van der Waals surface area contributed by atoms with Crippen LogP contribution in [0.25, 0.3) is 0 Å². The number of carbonyl (C=O) groups excluding carboxylic acids is 1. The average Bonchev–Trinajstić information content (AvgIpc) is 2.45. The number of ether oxygens (including phenoxy) is 1. The standard InChI is InChI=1S/C11H19N3O2S/c1-7(13-14-10(12)17)4-5-8-6-11(2,3)16-9(8)15/h8H,4-6H2,1-3H3,(H3,12,14,17)/b13-7-/t8-/m0/s1. The summed E-state index contributed by atoms with van der Waals surface area (Å²) in [5, 5.41) is 4.14. The minimum Gasteiger partial charge on any atom is -0.459 e. The Kier molecular flexibility index (Phi) is 4.45. The van der Waals surface area contributed by atoms with Crippen LogP contribution in [0.1, 0.15) is 40.0 Å². The van der Waals surface area contributed by atoms with Crippen LogP contribution in [-0.4, -0.2) is 22.4 Å². The molecule has 1 fully saturated rings. The van der Waals surface area contributed by atoms with Crippen LogP contribution < -0.4 is 11.2 Å². The second-order valence-electron chi connectivity index (χ2n) is 4.94. The Morgan fingerprint density at radius 3 is 2.82 bits per heavy atom. The number of esters is 1. The van der Waals surface area contributed by atoms with E-state index < -0.39 is 0 Å². The van der Waals surface area contributed by atoms with Crippen LogP contribution in [0.3, 0.4) is 0 Å². The monoisotopic (exact) mass is 257 g/mol. The summed E-state index contributed by atoms with van der Waals surface area (Å²) in [5.74, 6) is -0.134. The Morgan fingerprint density at radius 1 is 1.71 bits per heavy atom. The number of cyclic esters (lactones) is 1. The Bertz CT molecular complexity index is 353. The van der Waals surface area contributed by atoms with Crippen molar-refractivity contribution in [3.8, 4) is 0 Å². The number of nitrogens with one attached hydrogen (secondary N) is 1. The van der Waals surface area contributed by atoms with E-state index in [4.69, 9.17) is 10.5 Å². The second-order valence-corrected chi connectivity index (χ2v) is 5.38. The van der Waals surface area contributed by atoms with Crippen molar-refractivity contribution < 1.29 is 9.53 Å². The van der Waals surface area contributed by atoms with E-state index in [1.54, 1.807) is 0 Å².